The number of phenols is 2. The van der Waals surface area contributed by atoms with Gasteiger partial charge < -0.3 is 10.2 Å². The van der Waals surface area contributed by atoms with Crippen LogP contribution in [0.2, 0.25) is 0 Å². The molecule has 0 heterocycles. The zero-order chi connectivity index (χ0) is 29.0. The van der Waals surface area contributed by atoms with Gasteiger partial charge in [-0.25, -0.2) is 0 Å². The van der Waals surface area contributed by atoms with E-state index in [0.29, 0.717) is 5.92 Å². The zero-order valence-electron chi connectivity index (χ0n) is 24.4. The van der Waals surface area contributed by atoms with E-state index in [2.05, 4.69) is 130 Å². The molecule has 2 atom stereocenters. The molecule has 0 saturated carbocycles. The molecule has 2 unspecified atom stereocenters. The van der Waals surface area contributed by atoms with Gasteiger partial charge in [-0.3, -0.25) is 0 Å². The van der Waals surface area contributed by atoms with Gasteiger partial charge in [-0.1, -0.05) is 124 Å². The van der Waals surface area contributed by atoms with Crippen LogP contribution in [0.1, 0.15) is 55.4 Å². The van der Waals surface area contributed by atoms with Gasteiger partial charge in [-0.2, -0.15) is 0 Å². The molecule has 1 aliphatic rings. The molecule has 208 valence electrons. The van der Waals surface area contributed by atoms with E-state index < -0.39 is 0 Å². The Balaban J connectivity index is 1.51. The van der Waals surface area contributed by atoms with E-state index in [9.17, 15) is 10.2 Å². The van der Waals surface area contributed by atoms with Crippen LogP contribution in [0.15, 0.2) is 121 Å². The van der Waals surface area contributed by atoms with Gasteiger partial charge in [0.1, 0.15) is 0 Å². The minimum Gasteiger partial charge on any atom is -0.504 e. The smallest absolute Gasteiger partial charge is 0.158 e. The minimum atomic E-state index is -0.358. The fourth-order valence-electron chi connectivity index (χ4n) is 7.73. The molecule has 42 heavy (non-hydrogen) atoms. The SMILES string of the molecule is CC(C)CC(c1ccc2cc(O)c(O)cc2c1)C(C)C1(c2ccc3ccccc3c2)c2ccccc2-c2ccccc21. The number of benzene rings is 6. The summed E-state index contributed by atoms with van der Waals surface area (Å²) < 4.78 is 0. The third-order valence-electron chi connectivity index (χ3n) is 9.60. The normalized spacial score (nSPS) is 15.0. The van der Waals surface area contributed by atoms with E-state index in [1.54, 1.807) is 12.1 Å². The summed E-state index contributed by atoms with van der Waals surface area (Å²) in [5, 5.41) is 24.8. The largest absolute Gasteiger partial charge is 0.504 e. The molecule has 0 aliphatic heterocycles. The van der Waals surface area contributed by atoms with E-state index in [-0.39, 0.29) is 28.7 Å². The van der Waals surface area contributed by atoms with E-state index in [1.165, 1.54) is 44.2 Å². The van der Waals surface area contributed by atoms with Crippen LogP contribution in [-0.2, 0) is 5.41 Å². The maximum atomic E-state index is 10.3. The van der Waals surface area contributed by atoms with Crippen molar-refractivity contribution in [2.24, 2.45) is 11.8 Å². The van der Waals surface area contributed by atoms with Crippen LogP contribution in [0.25, 0.3) is 32.7 Å². The highest BCUT2D eigenvalue weighted by atomic mass is 16.3. The lowest BCUT2D eigenvalue weighted by atomic mass is 9.59. The first kappa shape index (κ1) is 26.3. The molecule has 0 bridgehead atoms. The molecule has 6 aromatic rings. The van der Waals surface area contributed by atoms with Crippen LogP contribution >= 0.6 is 0 Å². The molecule has 0 saturated heterocycles. The highest BCUT2D eigenvalue weighted by Crippen LogP contribution is 2.59. The first-order chi connectivity index (χ1) is 20.4. The molecule has 0 amide bonds. The highest BCUT2D eigenvalue weighted by Gasteiger charge is 2.50. The first-order valence-electron chi connectivity index (χ1n) is 15.0. The Hall–Kier alpha value is -4.56. The molecule has 6 aromatic carbocycles. The standard InChI is InChI=1S/C40H36O2/c1-25(2)20-35(30-17-16-29-23-38(41)39(42)24-31(29)21-30)26(3)40(32-19-18-27-10-4-5-11-28(27)22-32)36-14-8-6-12-33(36)34-13-7-9-15-37(34)40/h4-19,21-26,35,41-42H,20H2,1-3H3. The summed E-state index contributed by atoms with van der Waals surface area (Å²) in [5.41, 5.74) is 7.59. The lowest BCUT2D eigenvalue weighted by Crippen LogP contribution is -2.38. The highest BCUT2D eigenvalue weighted by molar-refractivity contribution is 5.89. The van der Waals surface area contributed by atoms with Crippen molar-refractivity contribution in [2.75, 3.05) is 0 Å². The van der Waals surface area contributed by atoms with Gasteiger partial charge in [-0.05, 0) is 97.3 Å². The topological polar surface area (TPSA) is 40.5 Å². The lowest BCUT2D eigenvalue weighted by molar-refractivity contribution is 0.304. The van der Waals surface area contributed by atoms with Gasteiger partial charge in [0.05, 0.1) is 0 Å². The van der Waals surface area contributed by atoms with Gasteiger partial charge >= 0.3 is 0 Å². The molecule has 2 nitrogen and oxygen atoms in total. The number of fused-ring (bicyclic) bond motifs is 5. The van der Waals surface area contributed by atoms with Crippen molar-refractivity contribution >= 4 is 21.5 Å². The Morgan fingerprint density at radius 2 is 1.10 bits per heavy atom. The van der Waals surface area contributed by atoms with Crippen LogP contribution in [0, 0.1) is 11.8 Å². The van der Waals surface area contributed by atoms with Crippen molar-refractivity contribution in [3.8, 4) is 22.6 Å². The summed E-state index contributed by atoms with van der Waals surface area (Å²) in [4.78, 5) is 0. The predicted molar refractivity (Wildman–Crippen MR) is 174 cm³/mol. The Morgan fingerprint density at radius 1 is 0.548 bits per heavy atom. The molecule has 0 radical (unpaired) electrons. The Labute approximate surface area is 247 Å². The Bertz CT molecular complexity index is 1900. The van der Waals surface area contributed by atoms with E-state index in [1.807, 2.05) is 0 Å². The lowest BCUT2D eigenvalue weighted by Gasteiger charge is -2.43. The maximum Gasteiger partial charge on any atom is 0.158 e. The third kappa shape index (κ3) is 4.01. The van der Waals surface area contributed by atoms with Crippen LogP contribution in [0.5, 0.6) is 11.5 Å². The monoisotopic (exact) mass is 548 g/mol. The fourth-order valence-corrected chi connectivity index (χ4v) is 7.73. The number of aromatic hydroxyl groups is 2. The van der Waals surface area contributed by atoms with Gasteiger partial charge in [-0.15, -0.1) is 0 Å². The molecule has 0 aromatic heterocycles. The summed E-state index contributed by atoms with van der Waals surface area (Å²) in [5.74, 6) is 0.753. The van der Waals surface area contributed by atoms with Crippen molar-refractivity contribution in [1.82, 2.24) is 0 Å². The molecule has 2 heteroatoms. The Morgan fingerprint density at radius 3 is 1.76 bits per heavy atom. The second-order valence-electron chi connectivity index (χ2n) is 12.4. The van der Waals surface area contributed by atoms with Crippen LogP contribution < -0.4 is 0 Å². The molecular formula is C40H36O2. The summed E-state index contributed by atoms with van der Waals surface area (Å²) in [6.45, 7) is 7.06. The second kappa shape index (κ2) is 10.1. The maximum absolute atomic E-state index is 10.3. The van der Waals surface area contributed by atoms with Gasteiger partial charge in [0.25, 0.3) is 0 Å². The molecular weight excluding hydrogens is 512 g/mol. The number of phenolic OH excluding ortho intramolecular Hbond substituents is 2. The summed E-state index contributed by atoms with van der Waals surface area (Å²) in [7, 11) is 0. The van der Waals surface area contributed by atoms with Crippen LogP contribution in [0.3, 0.4) is 0 Å². The molecule has 0 spiro atoms. The predicted octanol–water partition coefficient (Wildman–Crippen LogP) is 10.2. The summed E-state index contributed by atoms with van der Waals surface area (Å²) in [6, 6.07) is 43.5. The second-order valence-corrected chi connectivity index (χ2v) is 12.4. The van der Waals surface area contributed by atoms with Gasteiger partial charge in [0, 0.05) is 5.41 Å². The van der Waals surface area contributed by atoms with Crippen molar-refractivity contribution in [2.45, 2.75) is 38.5 Å². The first-order valence-corrected chi connectivity index (χ1v) is 15.0. The van der Waals surface area contributed by atoms with Gasteiger partial charge in [0.15, 0.2) is 11.5 Å². The van der Waals surface area contributed by atoms with Crippen molar-refractivity contribution in [3.05, 3.63) is 144 Å². The number of rotatable bonds is 6. The summed E-state index contributed by atoms with van der Waals surface area (Å²) >= 11 is 0. The summed E-state index contributed by atoms with van der Waals surface area (Å²) in [6.07, 6.45) is 1.02. The molecule has 7 rings (SSSR count). The van der Waals surface area contributed by atoms with E-state index in [4.69, 9.17) is 0 Å². The van der Waals surface area contributed by atoms with Crippen LogP contribution in [-0.4, -0.2) is 10.2 Å². The molecule has 2 N–H and O–H groups in total. The number of hydrogen-bond donors (Lipinski definition) is 2. The van der Waals surface area contributed by atoms with E-state index >= 15 is 0 Å². The van der Waals surface area contributed by atoms with Gasteiger partial charge in [0.2, 0.25) is 0 Å². The quantitative estimate of drug-likeness (QED) is 0.203. The van der Waals surface area contributed by atoms with E-state index in [0.717, 1.165) is 17.2 Å². The third-order valence-corrected chi connectivity index (χ3v) is 9.60. The minimum absolute atomic E-state index is 0.0839. The van der Waals surface area contributed by atoms with Crippen molar-refractivity contribution in [1.29, 1.82) is 0 Å². The zero-order valence-corrected chi connectivity index (χ0v) is 24.4. The van der Waals surface area contributed by atoms with Crippen LogP contribution in [0.4, 0.5) is 0 Å². The number of hydrogen-bond acceptors (Lipinski definition) is 2. The molecule has 0 fully saturated rings. The van der Waals surface area contributed by atoms with Crippen molar-refractivity contribution < 1.29 is 10.2 Å². The average molecular weight is 549 g/mol. The molecule has 1 aliphatic carbocycles. The van der Waals surface area contributed by atoms with Crippen molar-refractivity contribution in [3.63, 3.8) is 0 Å². The Kier molecular flexibility index (Phi) is 6.31. The fraction of sp³-hybridized carbons (Fsp3) is 0.200. The average Bonchev–Trinajstić information content (AvgIpc) is 3.31.